The SMILES string of the molecule is COc1cc(CNC2CCCC2)c(Cl)cc1OCc1ccc(F)cc1. The highest BCUT2D eigenvalue weighted by molar-refractivity contribution is 6.31. The third-order valence-corrected chi connectivity index (χ3v) is 4.93. The van der Waals surface area contributed by atoms with Gasteiger partial charge in [0.2, 0.25) is 0 Å². The van der Waals surface area contributed by atoms with Crippen LogP contribution in [0.2, 0.25) is 5.02 Å². The van der Waals surface area contributed by atoms with Gasteiger partial charge in [0.1, 0.15) is 12.4 Å². The van der Waals surface area contributed by atoms with Gasteiger partial charge >= 0.3 is 0 Å². The lowest BCUT2D eigenvalue weighted by atomic mass is 10.1. The van der Waals surface area contributed by atoms with Crippen molar-refractivity contribution in [2.24, 2.45) is 0 Å². The van der Waals surface area contributed by atoms with Gasteiger partial charge in [0.05, 0.1) is 7.11 Å². The Morgan fingerprint density at radius 3 is 2.52 bits per heavy atom. The molecule has 0 bridgehead atoms. The van der Waals surface area contributed by atoms with E-state index in [1.165, 1.54) is 37.8 Å². The molecule has 0 aliphatic heterocycles. The normalized spacial score (nSPS) is 14.7. The number of halogens is 2. The molecule has 0 saturated heterocycles. The van der Waals surface area contributed by atoms with Crippen molar-refractivity contribution >= 4 is 11.6 Å². The van der Waals surface area contributed by atoms with Crippen molar-refractivity contribution in [3.05, 3.63) is 58.4 Å². The van der Waals surface area contributed by atoms with Gasteiger partial charge in [-0.05, 0) is 42.2 Å². The van der Waals surface area contributed by atoms with E-state index in [0.29, 0.717) is 29.2 Å². The van der Waals surface area contributed by atoms with E-state index in [1.54, 1.807) is 25.3 Å². The van der Waals surface area contributed by atoms with Crippen LogP contribution in [0, 0.1) is 5.82 Å². The second kappa shape index (κ2) is 8.54. The van der Waals surface area contributed by atoms with E-state index < -0.39 is 0 Å². The highest BCUT2D eigenvalue weighted by Gasteiger charge is 2.16. The summed E-state index contributed by atoms with van der Waals surface area (Å²) in [5.74, 6) is 0.972. The first kappa shape index (κ1) is 18.0. The van der Waals surface area contributed by atoms with Crippen LogP contribution in [0.25, 0.3) is 0 Å². The summed E-state index contributed by atoms with van der Waals surface area (Å²) in [5.41, 5.74) is 1.88. The molecule has 0 aromatic heterocycles. The average molecular weight is 364 g/mol. The maximum absolute atomic E-state index is 13.0. The van der Waals surface area contributed by atoms with Crippen LogP contribution >= 0.6 is 11.6 Å². The molecule has 0 amide bonds. The third kappa shape index (κ3) is 4.86. The summed E-state index contributed by atoms with van der Waals surface area (Å²) in [6.07, 6.45) is 5.05. The predicted molar refractivity (Wildman–Crippen MR) is 97.8 cm³/mol. The molecule has 0 radical (unpaired) electrons. The van der Waals surface area contributed by atoms with Crippen molar-refractivity contribution in [2.45, 2.75) is 44.9 Å². The molecule has 1 aliphatic carbocycles. The van der Waals surface area contributed by atoms with Gasteiger partial charge in [0, 0.05) is 23.7 Å². The Morgan fingerprint density at radius 2 is 1.84 bits per heavy atom. The minimum atomic E-state index is -0.261. The second-order valence-corrected chi connectivity index (χ2v) is 6.78. The molecule has 3 nitrogen and oxygen atoms in total. The van der Waals surface area contributed by atoms with Crippen molar-refractivity contribution in [2.75, 3.05) is 7.11 Å². The van der Waals surface area contributed by atoms with Crippen LogP contribution in [0.4, 0.5) is 4.39 Å². The highest BCUT2D eigenvalue weighted by Crippen LogP contribution is 2.34. The first-order valence-electron chi connectivity index (χ1n) is 8.63. The minimum absolute atomic E-state index is 0.261. The molecule has 0 spiro atoms. The lowest BCUT2D eigenvalue weighted by molar-refractivity contribution is 0.284. The monoisotopic (exact) mass is 363 g/mol. The van der Waals surface area contributed by atoms with Crippen LogP contribution in [0.15, 0.2) is 36.4 Å². The fourth-order valence-corrected chi connectivity index (χ4v) is 3.33. The van der Waals surface area contributed by atoms with Gasteiger partial charge in [-0.1, -0.05) is 36.6 Å². The summed E-state index contributed by atoms with van der Waals surface area (Å²) >= 11 is 6.42. The minimum Gasteiger partial charge on any atom is -0.493 e. The first-order valence-corrected chi connectivity index (χ1v) is 9.00. The van der Waals surface area contributed by atoms with E-state index in [2.05, 4.69) is 5.32 Å². The smallest absolute Gasteiger partial charge is 0.163 e. The Balaban J connectivity index is 1.66. The fourth-order valence-electron chi connectivity index (χ4n) is 3.11. The van der Waals surface area contributed by atoms with Gasteiger partial charge in [-0.2, -0.15) is 0 Å². The fraction of sp³-hybridized carbons (Fsp3) is 0.400. The van der Waals surface area contributed by atoms with Gasteiger partial charge < -0.3 is 14.8 Å². The van der Waals surface area contributed by atoms with E-state index in [0.717, 1.165) is 17.7 Å². The molecule has 25 heavy (non-hydrogen) atoms. The summed E-state index contributed by atoms with van der Waals surface area (Å²) < 4.78 is 24.2. The average Bonchev–Trinajstić information content (AvgIpc) is 3.14. The number of methoxy groups -OCH3 is 1. The van der Waals surface area contributed by atoms with Crippen LogP contribution in [-0.4, -0.2) is 13.2 Å². The third-order valence-electron chi connectivity index (χ3n) is 4.58. The lowest BCUT2D eigenvalue weighted by Gasteiger charge is -2.16. The zero-order chi connectivity index (χ0) is 17.6. The van der Waals surface area contributed by atoms with Crippen LogP contribution in [-0.2, 0) is 13.2 Å². The van der Waals surface area contributed by atoms with Crippen molar-refractivity contribution in [1.82, 2.24) is 5.32 Å². The molecule has 0 atom stereocenters. The molecule has 2 aromatic carbocycles. The van der Waals surface area contributed by atoms with Crippen LogP contribution < -0.4 is 14.8 Å². The summed E-state index contributed by atoms with van der Waals surface area (Å²) in [6.45, 7) is 1.05. The number of rotatable bonds is 7. The van der Waals surface area contributed by atoms with E-state index in [9.17, 15) is 4.39 Å². The van der Waals surface area contributed by atoms with Gasteiger partial charge in [-0.3, -0.25) is 0 Å². The number of benzene rings is 2. The van der Waals surface area contributed by atoms with Crippen LogP contribution in [0.1, 0.15) is 36.8 Å². The molecule has 2 aromatic rings. The van der Waals surface area contributed by atoms with Crippen molar-refractivity contribution < 1.29 is 13.9 Å². The molecule has 1 aliphatic rings. The molecular weight excluding hydrogens is 341 g/mol. The van der Waals surface area contributed by atoms with Crippen molar-refractivity contribution in [3.8, 4) is 11.5 Å². The van der Waals surface area contributed by atoms with Gasteiger partial charge in [-0.25, -0.2) is 4.39 Å². The Kier molecular flexibility index (Phi) is 6.16. The summed E-state index contributed by atoms with van der Waals surface area (Å²) in [7, 11) is 1.61. The molecule has 0 unspecified atom stereocenters. The van der Waals surface area contributed by atoms with Crippen LogP contribution in [0.3, 0.4) is 0 Å². The largest absolute Gasteiger partial charge is 0.493 e. The molecular formula is C20H23ClFNO2. The Hall–Kier alpha value is -1.78. The Labute approximate surface area is 153 Å². The Bertz CT molecular complexity index is 700. The number of ether oxygens (including phenoxy) is 2. The maximum Gasteiger partial charge on any atom is 0.163 e. The molecule has 1 saturated carbocycles. The van der Waals surface area contributed by atoms with Gasteiger partial charge in [0.15, 0.2) is 11.5 Å². The summed E-state index contributed by atoms with van der Waals surface area (Å²) in [6, 6.07) is 10.5. The van der Waals surface area contributed by atoms with Gasteiger partial charge in [0.25, 0.3) is 0 Å². The number of hydrogen-bond acceptors (Lipinski definition) is 3. The number of hydrogen-bond donors (Lipinski definition) is 1. The first-order chi connectivity index (χ1) is 12.2. The quantitative estimate of drug-likeness (QED) is 0.742. The van der Waals surface area contributed by atoms with Crippen molar-refractivity contribution in [1.29, 1.82) is 0 Å². The second-order valence-electron chi connectivity index (χ2n) is 6.37. The van der Waals surface area contributed by atoms with Crippen molar-refractivity contribution in [3.63, 3.8) is 0 Å². The van der Waals surface area contributed by atoms with Crippen LogP contribution in [0.5, 0.6) is 11.5 Å². The molecule has 134 valence electrons. The molecule has 1 fully saturated rings. The van der Waals surface area contributed by atoms with E-state index in [-0.39, 0.29) is 5.82 Å². The van der Waals surface area contributed by atoms with E-state index in [4.69, 9.17) is 21.1 Å². The molecule has 3 rings (SSSR count). The molecule has 5 heteroatoms. The maximum atomic E-state index is 13.0. The molecule has 0 heterocycles. The number of nitrogens with one attached hydrogen (secondary N) is 1. The molecule has 1 N–H and O–H groups in total. The summed E-state index contributed by atoms with van der Waals surface area (Å²) in [5, 5.41) is 4.21. The van der Waals surface area contributed by atoms with E-state index >= 15 is 0 Å². The standard InChI is InChI=1S/C20H23ClFNO2/c1-24-19-10-15(12-23-17-4-2-3-5-17)18(21)11-20(19)25-13-14-6-8-16(22)9-7-14/h6-11,17,23H,2-5,12-13H2,1H3. The van der Waals surface area contributed by atoms with E-state index in [1.807, 2.05) is 6.07 Å². The predicted octanol–water partition coefficient (Wildman–Crippen LogP) is 5.10. The highest BCUT2D eigenvalue weighted by atomic mass is 35.5. The van der Waals surface area contributed by atoms with Gasteiger partial charge in [-0.15, -0.1) is 0 Å². The topological polar surface area (TPSA) is 30.5 Å². The zero-order valence-corrected chi connectivity index (χ0v) is 15.1. The summed E-state index contributed by atoms with van der Waals surface area (Å²) in [4.78, 5) is 0. The lowest BCUT2D eigenvalue weighted by Crippen LogP contribution is -2.25. The zero-order valence-electron chi connectivity index (χ0n) is 14.4. The Morgan fingerprint density at radius 1 is 1.12 bits per heavy atom.